The van der Waals surface area contributed by atoms with Crippen LogP contribution < -0.4 is 14.2 Å². The first-order chi connectivity index (χ1) is 9.62. The molecule has 0 spiro atoms. The average molecular weight is 276 g/mol. The lowest BCUT2D eigenvalue weighted by Gasteiger charge is -2.08. The molecule has 0 amide bonds. The van der Waals surface area contributed by atoms with Gasteiger partial charge < -0.3 is 19.3 Å². The predicted molar refractivity (Wildman–Crippen MR) is 68.6 cm³/mol. The summed E-state index contributed by atoms with van der Waals surface area (Å²) in [5, 5.41) is 8.75. The van der Waals surface area contributed by atoms with Crippen LogP contribution in [0.15, 0.2) is 30.6 Å². The van der Waals surface area contributed by atoms with Crippen LogP contribution in [-0.2, 0) is 0 Å². The fourth-order valence-corrected chi connectivity index (χ4v) is 1.43. The van der Waals surface area contributed by atoms with Gasteiger partial charge in [0.2, 0.25) is 0 Å². The first kappa shape index (κ1) is 13.6. The van der Waals surface area contributed by atoms with Gasteiger partial charge in [-0.3, -0.25) is 0 Å². The van der Waals surface area contributed by atoms with E-state index in [0.717, 1.165) is 0 Å². The van der Waals surface area contributed by atoms with Gasteiger partial charge in [-0.05, 0) is 0 Å². The highest BCUT2D eigenvalue weighted by atomic mass is 16.5. The Kier molecular flexibility index (Phi) is 3.99. The zero-order chi connectivity index (χ0) is 14.5. The van der Waals surface area contributed by atoms with Crippen LogP contribution in [0.5, 0.6) is 23.3 Å². The molecule has 104 valence electrons. The van der Waals surface area contributed by atoms with E-state index < -0.39 is 5.97 Å². The average Bonchev–Trinajstić information content (AvgIpc) is 2.47. The van der Waals surface area contributed by atoms with Crippen molar-refractivity contribution in [2.45, 2.75) is 0 Å². The fourth-order valence-electron chi connectivity index (χ4n) is 1.43. The molecule has 0 fully saturated rings. The topological polar surface area (TPSA) is 90.8 Å². The van der Waals surface area contributed by atoms with E-state index in [1.54, 1.807) is 18.2 Å². The van der Waals surface area contributed by atoms with E-state index in [9.17, 15) is 4.79 Å². The minimum Gasteiger partial charge on any atom is -0.496 e. The molecule has 7 heteroatoms. The highest BCUT2D eigenvalue weighted by Gasteiger charge is 2.08. The van der Waals surface area contributed by atoms with E-state index in [-0.39, 0.29) is 11.6 Å². The highest BCUT2D eigenvalue weighted by molar-refractivity contribution is 5.86. The van der Waals surface area contributed by atoms with Crippen LogP contribution in [0.1, 0.15) is 10.4 Å². The van der Waals surface area contributed by atoms with Gasteiger partial charge in [-0.15, -0.1) is 0 Å². The molecule has 1 N–H and O–H groups in total. The van der Waals surface area contributed by atoms with Crippen molar-refractivity contribution >= 4 is 5.97 Å². The molecule has 20 heavy (non-hydrogen) atoms. The summed E-state index contributed by atoms with van der Waals surface area (Å²) in [5.74, 6) is 0.437. The van der Waals surface area contributed by atoms with E-state index in [4.69, 9.17) is 19.3 Å². The first-order valence-corrected chi connectivity index (χ1v) is 5.58. The third-order valence-electron chi connectivity index (χ3n) is 2.41. The van der Waals surface area contributed by atoms with Crippen LogP contribution in [0.2, 0.25) is 0 Å². The van der Waals surface area contributed by atoms with Crippen molar-refractivity contribution < 1.29 is 24.1 Å². The van der Waals surface area contributed by atoms with Crippen molar-refractivity contribution in [2.75, 3.05) is 14.2 Å². The third kappa shape index (κ3) is 3.14. The summed E-state index contributed by atoms with van der Waals surface area (Å²) >= 11 is 0. The van der Waals surface area contributed by atoms with Gasteiger partial charge in [0.15, 0.2) is 0 Å². The van der Waals surface area contributed by atoms with Crippen LogP contribution >= 0.6 is 0 Å². The number of aromatic carboxylic acids is 1. The van der Waals surface area contributed by atoms with Crippen LogP contribution in [-0.4, -0.2) is 35.3 Å². The first-order valence-electron chi connectivity index (χ1n) is 5.58. The largest absolute Gasteiger partial charge is 0.496 e. The van der Waals surface area contributed by atoms with Gasteiger partial charge >= 0.3 is 12.0 Å². The van der Waals surface area contributed by atoms with Gasteiger partial charge in [0, 0.05) is 30.6 Å². The maximum atomic E-state index is 10.7. The van der Waals surface area contributed by atoms with E-state index in [0.29, 0.717) is 17.2 Å². The molecule has 1 heterocycles. The minimum absolute atomic E-state index is 0.0134. The molecule has 0 atom stereocenters. The zero-order valence-electron chi connectivity index (χ0n) is 10.9. The summed E-state index contributed by atoms with van der Waals surface area (Å²) in [4.78, 5) is 18.3. The molecule has 1 aromatic heterocycles. The second kappa shape index (κ2) is 5.87. The molecule has 0 aliphatic heterocycles. The highest BCUT2D eigenvalue weighted by Crippen LogP contribution is 2.29. The lowest BCUT2D eigenvalue weighted by atomic mass is 10.3. The Morgan fingerprint density at radius 2 is 1.50 bits per heavy atom. The predicted octanol–water partition coefficient (Wildman–Crippen LogP) is 1.98. The van der Waals surface area contributed by atoms with Gasteiger partial charge in [-0.25, -0.2) is 14.8 Å². The monoisotopic (exact) mass is 276 g/mol. The van der Waals surface area contributed by atoms with Gasteiger partial charge in [-0.2, -0.15) is 0 Å². The van der Waals surface area contributed by atoms with Gasteiger partial charge in [-0.1, -0.05) is 0 Å². The van der Waals surface area contributed by atoms with Crippen LogP contribution in [0.4, 0.5) is 0 Å². The number of carbonyl (C=O) groups is 1. The molecule has 7 nitrogen and oxygen atoms in total. The van der Waals surface area contributed by atoms with E-state index in [1.807, 2.05) is 0 Å². The molecular formula is C13H12N2O5. The standard InChI is InChI=1S/C13H12N2O5/c1-18-9-3-10(19-2)5-11(4-9)20-13-14-6-8(7-15-13)12(16)17/h3-7H,1-2H3,(H,16,17). The Morgan fingerprint density at radius 1 is 1.00 bits per heavy atom. The molecule has 1 aromatic carbocycles. The normalized spacial score (nSPS) is 9.90. The lowest BCUT2D eigenvalue weighted by molar-refractivity contribution is 0.0696. The van der Waals surface area contributed by atoms with Crippen molar-refractivity contribution in [3.8, 4) is 23.3 Å². The van der Waals surface area contributed by atoms with Crippen molar-refractivity contribution in [1.82, 2.24) is 9.97 Å². The molecule has 2 aromatic rings. The summed E-state index contributed by atoms with van der Waals surface area (Å²) in [6, 6.07) is 5.00. The summed E-state index contributed by atoms with van der Waals surface area (Å²) in [5.41, 5.74) is -0.0134. The molecule has 0 radical (unpaired) electrons. The molecule has 0 aliphatic rings. The van der Waals surface area contributed by atoms with Crippen molar-refractivity contribution in [3.63, 3.8) is 0 Å². The molecule has 2 rings (SSSR count). The number of hydrogen-bond acceptors (Lipinski definition) is 6. The molecule has 0 saturated heterocycles. The molecule has 0 aliphatic carbocycles. The summed E-state index contributed by atoms with van der Waals surface area (Å²) < 4.78 is 15.6. The summed E-state index contributed by atoms with van der Waals surface area (Å²) in [6.07, 6.45) is 2.34. The quantitative estimate of drug-likeness (QED) is 0.892. The maximum absolute atomic E-state index is 10.7. The molecular weight excluding hydrogens is 264 g/mol. The number of benzene rings is 1. The third-order valence-corrected chi connectivity index (χ3v) is 2.41. The number of aromatic nitrogens is 2. The second-order valence-corrected chi connectivity index (χ2v) is 3.71. The number of carboxylic acids is 1. The van der Waals surface area contributed by atoms with Crippen molar-refractivity contribution in [2.24, 2.45) is 0 Å². The number of ether oxygens (including phenoxy) is 3. The van der Waals surface area contributed by atoms with Crippen LogP contribution in [0.25, 0.3) is 0 Å². The number of nitrogens with zero attached hydrogens (tertiary/aromatic N) is 2. The SMILES string of the molecule is COc1cc(OC)cc(Oc2ncc(C(=O)O)cn2)c1. The van der Waals surface area contributed by atoms with E-state index in [2.05, 4.69) is 9.97 Å². The molecule has 0 bridgehead atoms. The van der Waals surface area contributed by atoms with Crippen LogP contribution in [0, 0.1) is 0 Å². The van der Waals surface area contributed by atoms with Gasteiger partial charge in [0.05, 0.1) is 19.8 Å². The fraction of sp³-hybridized carbons (Fsp3) is 0.154. The van der Waals surface area contributed by atoms with E-state index >= 15 is 0 Å². The molecule has 0 saturated carbocycles. The Labute approximate surface area is 114 Å². The molecule has 0 unspecified atom stereocenters. The number of hydrogen-bond donors (Lipinski definition) is 1. The second-order valence-electron chi connectivity index (χ2n) is 3.71. The lowest BCUT2D eigenvalue weighted by Crippen LogP contribution is -2.00. The van der Waals surface area contributed by atoms with Crippen molar-refractivity contribution in [3.05, 3.63) is 36.2 Å². The van der Waals surface area contributed by atoms with Crippen LogP contribution in [0.3, 0.4) is 0 Å². The van der Waals surface area contributed by atoms with Gasteiger partial charge in [0.25, 0.3) is 0 Å². The summed E-state index contributed by atoms with van der Waals surface area (Å²) in [7, 11) is 3.05. The smallest absolute Gasteiger partial charge is 0.338 e. The maximum Gasteiger partial charge on any atom is 0.338 e. The van der Waals surface area contributed by atoms with Gasteiger partial charge in [0.1, 0.15) is 17.2 Å². The number of methoxy groups -OCH3 is 2. The van der Waals surface area contributed by atoms with Crippen molar-refractivity contribution in [1.29, 1.82) is 0 Å². The summed E-state index contributed by atoms with van der Waals surface area (Å²) in [6.45, 7) is 0. The zero-order valence-corrected chi connectivity index (χ0v) is 10.9. The Balaban J connectivity index is 2.22. The minimum atomic E-state index is -1.10. The Morgan fingerprint density at radius 3 is 1.95 bits per heavy atom. The Hall–Kier alpha value is -2.83. The Bertz CT molecular complexity index is 590. The number of rotatable bonds is 5. The van der Waals surface area contributed by atoms with E-state index in [1.165, 1.54) is 26.6 Å². The number of carboxylic acid groups (broad SMARTS) is 1.